The van der Waals surface area contributed by atoms with Crippen LogP contribution in [0.1, 0.15) is 45.9 Å². The van der Waals surface area contributed by atoms with Crippen molar-refractivity contribution in [3.8, 4) is 0 Å². The molecule has 0 aromatic carbocycles. The van der Waals surface area contributed by atoms with Crippen LogP contribution in [0.5, 0.6) is 0 Å². The highest BCUT2D eigenvalue weighted by molar-refractivity contribution is 4.99. The normalized spacial score (nSPS) is 25.1. The Bertz CT molecular complexity index is 410. The van der Waals surface area contributed by atoms with Crippen LogP contribution in [-0.2, 0) is 17.7 Å². The van der Waals surface area contributed by atoms with Crippen LogP contribution in [-0.4, -0.2) is 40.1 Å². The molecule has 2 rings (SSSR count). The number of ether oxygens (including phenoxy) is 1. The Hall–Kier alpha value is -0.940. The maximum absolute atomic E-state index is 6.07. The predicted molar refractivity (Wildman–Crippen MR) is 79.6 cm³/mol. The second kappa shape index (κ2) is 6.68. The molecule has 0 aliphatic carbocycles. The Labute approximate surface area is 122 Å². The van der Waals surface area contributed by atoms with Gasteiger partial charge in [0.1, 0.15) is 12.2 Å². The number of nitrogens with one attached hydrogen (secondary N) is 1. The van der Waals surface area contributed by atoms with E-state index in [4.69, 9.17) is 4.74 Å². The summed E-state index contributed by atoms with van der Waals surface area (Å²) < 4.78 is 8.10. The van der Waals surface area contributed by atoms with Gasteiger partial charge in [-0.1, -0.05) is 13.8 Å². The van der Waals surface area contributed by atoms with Gasteiger partial charge in [0.25, 0.3) is 0 Å². The van der Waals surface area contributed by atoms with Crippen LogP contribution in [0.4, 0.5) is 0 Å². The van der Waals surface area contributed by atoms with Crippen LogP contribution in [0.25, 0.3) is 0 Å². The summed E-state index contributed by atoms with van der Waals surface area (Å²) in [6, 6.07) is 0.276. The van der Waals surface area contributed by atoms with E-state index in [1.54, 1.807) is 6.33 Å². The number of hydrogen-bond donors (Lipinski definition) is 1. The van der Waals surface area contributed by atoms with E-state index in [-0.39, 0.29) is 11.6 Å². The molecule has 0 bridgehead atoms. The van der Waals surface area contributed by atoms with E-state index >= 15 is 0 Å². The number of hydrogen-bond acceptors (Lipinski definition) is 4. The molecule has 0 amide bonds. The van der Waals surface area contributed by atoms with Crippen molar-refractivity contribution in [1.82, 2.24) is 20.1 Å². The third-order valence-electron chi connectivity index (χ3n) is 4.21. The SMILES string of the molecule is CNC(Cc1ncnn1CC(C)C)C1(C)CCCCO1. The van der Waals surface area contributed by atoms with Gasteiger partial charge in [0.2, 0.25) is 0 Å². The molecule has 1 fully saturated rings. The van der Waals surface area contributed by atoms with E-state index in [0.29, 0.717) is 5.92 Å². The van der Waals surface area contributed by atoms with Gasteiger partial charge < -0.3 is 10.1 Å². The van der Waals surface area contributed by atoms with E-state index in [9.17, 15) is 0 Å². The minimum Gasteiger partial charge on any atom is -0.374 e. The van der Waals surface area contributed by atoms with Crippen LogP contribution in [0.3, 0.4) is 0 Å². The molecular weight excluding hydrogens is 252 g/mol. The maximum Gasteiger partial charge on any atom is 0.138 e. The largest absolute Gasteiger partial charge is 0.374 e. The fourth-order valence-corrected chi connectivity index (χ4v) is 2.98. The van der Waals surface area contributed by atoms with Gasteiger partial charge in [-0.2, -0.15) is 5.10 Å². The van der Waals surface area contributed by atoms with Crippen LogP contribution in [0.2, 0.25) is 0 Å². The minimum atomic E-state index is -0.0956. The van der Waals surface area contributed by atoms with Crippen molar-refractivity contribution in [3.63, 3.8) is 0 Å². The van der Waals surface area contributed by atoms with Crippen molar-refractivity contribution < 1.29 is 4.74 Å². The van der Waals surface area contributed by atoms with E-state index in [2.05, 4.69) is 36.2 Å². The molecular formula is C15H28N4O. The highest BCUT2D eigenvalue weighted by atomic mass is 16.5. The van der Waals surface area contributed by atoms with E-state index in [1.165, 1.54) is 12.8 Å². The first-order chi connectivity index (χ1) is 9.55. The van der Waals surface area contributed by atoms with Crippen molar-refractivity contribution >= 4 is 0 Å². The summed E-state index contributed by atoms with van der Waals surface area (Å²) >= 11 is 0. The summed E-state index contributed by atoms with van der Waals surface area (Å²) in [6.07, 6.45) is 6.05. The molecule has 5 heteroatoms. The lowest BCUT2D eigenvalue weighted by atomic mass is 9.86. The summed E-state index contributed by atoms with van der Waals surface area (Å²) in [5.74, 6) is 1.62. The van der Waals surface area contributed by atoms with Gasteiger partial charge in [-0.15, -0.1) is 0 Å². The summed E-state index contributed by atoms with van der Waals surface area (Å²) in [6.45, 7) is 8.41. The molecule has 2 unspecified atom stereocenters. The molecule has 0 saturated carbocycles. The third-order valence-corrected chi connectivity index (χ3v) is 4.21. The first-order valence-corrected chi connectivity index (χ1v) is 7.73. The lowest BCUT2D eigenvalue weighted by Crippen LogP contribution is -2.52. The van der Waals surface area contributed by atoms with Crippen LogP contribution >= 0.6 is 0 Å². The van der Waals surface area contributed by atoms with Gasteiger partial charge in [0, 0.05) is 25.6 Å². The average molecular weight is 280 g/mol. The van der Waals surface area contributed by atoms with Gasteiger partial charge in [0.15, 0.2) is 0 Å². The van der Waals surface area contributed by atoms with E-state index in [0.717, 1.165) is 31.8 Å². The lowest BCUT2D eigenvalue weighted by Gasteiger charge is -2.40. The lowest BCUT2D eigenvalue weighted by molar-refractivity contribution is -0.0875. The second-order valence-electron chi connectivity index (χ2n) is 6.42. The summed E-state index contributed by atoms with van der Waals surface area (Å²) in [4.78, 5) is 4.44. The molecule has 2 heterocycles. The molecule has 0 spiro atoms. The average Bonchev–Trinajstić information content (AvgIpc) is 2.83. The molecule has 1 aliphatic heterocycles. The fourth-order valence-electron chi connectivity index (χ4n) is 2.98. The van der Waals surface area contributed by atoms with Crippen LogP contribution in [0, 0.1) is 5.92 Å². The minimum absolute atomic E-state index is 0.0956. The zero-order chi connectivity index (χ0) is 14.6. The van der Waals surface area contributed by atoms with Crippen LogP contribution < -0.4 is 5.32 Å². The molecule has 5 nitrogen and oxygen atoms in total. The Morgan fingerprint density at radius 3 is 2.85 bits per heavy atom. The number of likely N-dealkylation sites (N-methyl/N-ethyl adjacent to an activating group) is 1. The summed E-state index contributed by atoms with van der Waals surface area (Å²) in [5, 5.41) is 7.77. The smallest absolute Gasteiger partial charge is 0.138 e. The van der Waals surface area contributed by atoms with Crippen molar-refractivity contribution in [2.75, 3.05) is 13.7 Å². The van der Waals surface area contributed by atoms with Gasteiger partial charge in [0.05, 0.1) is 5.60 Å². The number of nitrogens with zero attached hydrogens (tertiary/aromatic N) is 3. The van der Waals surface area contributed by atoms with Gasteiger partial charge in [-0.25, -0.2) is 9.67 Å². The summed E-state index contributed by atoms with van der Waals surface area (Å²) in [5.41, 5.74) is -0.0956. The zero-order valence-electron chi connectivity index (χ0n) is 13.2. The first kappa shape index (κ1) is 15.4. The van der Waals surface area contributed by atoms with Crippen LogP contribution in [0.15, 0.2) is 6.33 Å². The number of rotatable bonds is 6. The molecule has 1 aromatic rings. The predicted octanol–water partition coefficient (Wildman–Crippen LogP) is 2.02. The molecule has 1 aromatic heterocycles. The van der Waals surface area contributed by atoms with Gasteiger partial charge in [-0.05, 0) is 39.2 Å². The zero-order valence-corrected chi connectivity index (χ0v) is 13.2. The monoisotopic (exact) mass is 280 g/mol. The molecule has 20 heavy (non-hydrogen) atoms. The maximum atomic E-state index is 6.07. The molecule has 114 valence electrons. The van der Waals surface area contributed by atoms with E-state index in [1.807, 2.05) is 11.7 Å². The van der Waals surface area contributed by atoms with Gasteiger partial charge >= 0.3 is 0 Å². The fraction of sp³-hybridized carbons (Fsp3) is 0.867. The molecule has 0 radical (unpaired) electrons. The quantitative estimate of drug-likeness (QED) is 0.866. The molecule has 1 aliphatic rings. The third kappa shape index (κ3) is 3.58. The van der Waals surface area contributed by atoms with Crippen molar-refractivity contribution in [2.45, 2.75) is 64.6 Å². The molecule has 2 atom stereocenters. The summed E-state index contributed by atoms with van der Waals surface area (Å²) in [7, 11) is 2.01. The van der Waals surface area contributed by atoms with E-state index < -0.39 is 0 Å². The number of aromatic nitrogens is 3. The highest BCUT2D eigenvalue weighted by Crippen LogP contribution is 2.29. The standard InChI is InChI=1S/C15H28N4O/c1-12(2)10-19-14(17-11-18-19)9-13(16-4)15(3)7-5-6-8-20-15/h11-13,16H,5-10H2,1-4H3. The topological polar surface area (TPSA) is 52.0 Å². The van der Waals surface area contributed by atoms with Crippen molar-refractivity contribution in [3.05, 3.63) is 12.2 Å². The molecule has 1 saturated heterocycles. The molecule has 1 N–H and O–H groups in total. The highest BCUT2D eigenvalue weighted by Gasteiger charge is 2.36. The second-order valence-corrected chi connectivity index (χ2v) is 6.42. The Morgan fingerprint density at radius 1 is 1.45 bits per heavy atom. The Morgan fingerprint density at radius 2 is 2.25 bits per heavy atom. The Kier molecular flexibility index (Phi) is 5.16. The van der Waals surface area contributed by atoms with Crippen molar-refractivity contribution in [1.29, 1.82) is 0 Å². The Balaban J connectivity index is 2.08. The van der Waals surface area contributed by atoms with Gasteiger partial charge in [-0.3, -0.25) is 0 Å². The first-order valence-electron chi connectivity index (χ1n) is 7.73. The van der Waals surface area contributed by atoms with Crippen molar-refractivity contribution in [2.24, 2.45) is 5.92 Å².